The second-order valence-corrected chi connectivity index (χ2v) is 2.75. The smallest absolute Gasteiger partial charge is 0.250 e. The summed E-state index contributed by atoms with van der Waals surface area (Å²) in [5, 5.41) is -0.838. The Labute approximate surface area is 64.0 Å². The number of ether oxygens (including phenoxy) is 2. The van der Waals surface area contributed by atoms with Crippen molar-refractivity contribution >= 4 is 23.2 Å². The van der Waals surface area contributed by atoms with Crippen molar-refractivity contribution in [2.75, 3.05) is 19.1 Å². The summed E-state index contributed by atoms with van der Waals surface area (Å²) in [6.45, 7) is 1.14. The maximum absolute atomic E-state index is 5.68. The summed E-state index contributed by atoms with van der Waals surface area (Å²) in [5.74, 6) is 0.456. The first kappa shape index (κ1) is 7.61. The highest BCUT2D eigenvalue weighted by Crippen LogP contribution is 2.31. The summed E-state index contributed by atoms with van der Waals surface area (Å²) in [6.07, 6.45) is 0.755. The number of hydrogen-bond donors (Lipinski definition) is 0. The molecule has 1 aliphatic rings. The molecule has 0 amide bonds. The van der Waals surface area contributed by atoms with Gasteiger partial charge in [0, 0.05) is 12.3 Å². The molecule has 0 aromatic carbocycles. The highest BCUT2D eigenvalue weighted by molar-refractivity contribution is 6.22. The van der Waals surface area contributed by atoms with Gasteiger partial charge in [-0.3, -0.25) is 0 Å². The van der Waals surface area contributed by atoms with E-state index in [0.29, 0.717) is 19.1 Å². The van der Waals surface area contributed by atoms with E-state index in [4.69, 9.17) is 32.7 Å². The van der Waals surface area contributed by atoms with Crippen molar-refractivity contribution in [2.24, 2.45) is 0 Å². The highest BCUT2D eigenvalue weighted by Gasteiger charge is 2.36. The van der Waals surface area contributed by atoms with E-state index in [2.05, 4.69) is 0 Å². The fourth-order valence-corrected chi connectivity index (χ4v) is 0.876. The van der Waals surface area contributed by atoms with Crippen LogP contribution in [0.25, 0.3) is 0 Å². The largest absolute Gasteiger partial charge is 0.337 e. The van der Waals surface area contributed by atoms with Gasteiger partial charge in [0.05, 0.1) is 13.2 Å². The zero-order valence-corrected chi connectivity index (χ0v) is 6.41. The lowest BCUT2D eigenvalue weighted by atomic mass is 10.3. The molecule has 1 fully saturated rings. The maximum Gasteiger partial charge on any atom is 0.250 e. The van der Waals surface area contributed by atoms with Gasteiger partial charge in [-0.05, 0) is 0 Å². The molecular formula is C5H8Cl2O2. The minimum absolute atomic E-state index is 0.449. The first-order valence-electron chi connectivity index (χ1n) is 2.80. The molecule has 1 saturated heterocycles. The molecule has 0 saturated carbocycles. The topological polar surface area (TPSA) is 18.5 Å². The zero-order valence-electron chi connectivity index (χ0n) is 4.90. The molecule has 0 spiro atoms. The molecule has 1 heterocycles. The molecule has 1 aliphatic heterocycles. The summed E-state index contributed by atoms with van der Waals surface area (Å²) in [4.78, 5) is 0. The van der Waals surface area contributed by atoms with E-state index in [1.54, 1.807) is 0 Å². The molecule has 1 unspecified atom stereocenters. The number of halogens is 2. The third-order valence-electron chi connectivity index (χ3n) is 1.11. The van der Waals surface area contributed by atoms with Gasteiger partial charge in [-0.25, -0.2) is 0 Å². The quantitative estimate of drug-likeness (QED) is 0.599. The van der Waals surface area contributed by atoms with Gasteiger partial charge in [0.15, 0.2) is 0 Å². The molecule has 0 bridgehead atoms. The van der Waals surface area contributed by atoms with Gasteiger partial charge in [0.25, 0.3) is 5.25 Å². The molecule has 0 aliphatic carbocycles. The molecule has 0 radical (unpaired) electrons. The maximum atomic E-state index is 5.68. The molecule has 9 heavy (non-hydrogen) atoms. The second kappa shape index (κ2) is 3.06. The van der Waals surface area contributed by atoms with E-state index < -0.39 is 5.25 Å². The van der Waals surface area contributed by atoms with Crippen LogP contribution in [0.3, 0.4) is 0 Å². The predicted molar refractivity (Wildman–Crippen MR) is 35.8 cm³/mol. The minimum atomic E-state index is -0.838. The van der Waals surface area contributed by atoms with Gasteiger partial charge in [-0.2, -0.15) is 0 Å². The van der Waals surface area contributed by atoms with Gasteiger partial charge < -0.3 is 9.47 Å². The van der Waals surface area contributed by atoms with Crippen molar-refractivity contribution in [1.82, 2.24) is 0 Å². The zero-order chi connectivity index (χ0) is 6.74. The van der Waals surface area contributed by atoms with Crippen molar-refractivity contribution in [3.05, 3.63) is 0 Å². The van der Waals surface area contributed by atoms with Crippen LogP contribution in [0, 0.1) is 0 Å². The molecular weight excluding hydrogens is 163 g/mol. The van der Waals surface area contributed by atoms with Crippen LogP contribution in [-0.4, -0.2) is 24.3 Å². The Balaban J connectivity index is 2.09. The predicted octanol–water partition coefficient (Wildman–Crippen LogP) is 1.55. The van der Waals surface area contributed by atoms with Crippen LogP contribution in [0.5, 0.6) is 0 Å². The summed E-state index contributed by atoms with van der Waals surface area (Å²) >= 11 is 11.0. The fraction of sp³-hybridized carbons (Fsp3) is 1.00. The van der Waals surface area contributed by atoms with Crippen LogP contribution in [0.15, 0.2) is 0 Å². The molecule has 4 heteroatoms. The van der Waals surface area contributed by atoms with Crippen molar-refractivity contribution in [3.8, 4) is 0 Å². The first-order chi connectivity index (χ1) is 4.27. The standard InChI is InChI=1S/C5H8Cl2O2/c6-2-4-9-5(7)1-3-8-5/h1-4H2. The number of rotatable bonds is 3. The average molecular weight is 171 g/mol. The van der Waals surface area contributed by atoms with E-state index >= 15 is 0 Å². The van der Waals surface area contributed by atoms with Crippen molar-refractivity contribution in [2.45, 2.75) is 11.7 Å². The molecule has 0 N–H and O–H groups in total. The minimum Gasteiger partial charge on any atom is -0.337 e. The Bertz CT molecular complexity index is 93.0. The lowest BCUT2D eigenvalue weighted by Crippen LogP contribution is -2.41. The van der Waals surface area contributed by atoms with Crippen LogP contribution in [0.2, 0.25) is 0 Å². The molecule has 0 aromatic heterocycles. The average Bonchev–Trinajstić information content (AvgIpc) is 1.79. The van der Waals surface area contributed by atoms with Gasteiger partial charge >= 0.3 is 0 Å². The first-order valence-corrected chi connectivity index (χ1v) is 3.71. The van der Waals surface area contributed by atoms with E-state index in [0.717, 1.165) is 6.42 Å². The van der Waals surface area contributed by atoms with E-state index in [-0.39, 0.29) is 0 Å². The van der Waals surface area contributed by atoms with Crippen molar-refractivity contribution in [3.63, 3.8) is 0 Å². The van der Waals surface area contributed by atoms with Crippen molar-refractivity contribution < 1.29 is 9.47 Å². The Morgan fingerprint density at radius 1 is 1.67 bits per heavy atom. The van der Waals surface area contributed by atoms with Crippen LogP contribution in [0.1, 0.15) is 6.42 Å². The lowest BCUT2D eigenvalue weighted by Gasteiger charge is -2.34. The molecule has 2 nitrogen and oxygen atoms in total. The molecule has 1 rings (SSSR count). The van der Waals surface area contributed by atoms with Gasteiger partial charge in [-0.15, -0.1) is 11.6 Å². The summed E-state index contributed by atoms with van der Waals surface area (Å²) in [7, 11) is 0. The monoisotopic (exact) mass is 170 g/mol. The lowest BCUT2D eigenvalue weighted by molar-refractivity contribution is -0.247. The van der Waals surface area contributed by atoms with Crippen LogP contribution < -0.4 is 0 Å². The normalized spacial score (nSPS) is 34.0. The van der Waals surface area contributed by atoms with E-state index in [1.165, 1.54) is 0 Å². The van der Waals surface area contributed by atoms with Crippen molar-refractivity contribution in [1.29, 1.82) is 0 Å². The molecule has 54 valence electrons. The Morgan fingerprint density at radius 2 is 2.33 bits per heavy atom. The molecule has 0 aromatic rings. The van der Waals surface area contributed by atoms with Crippen LogP contribution in [-0.2, 0) is 9.47 Å². The third kappa shape index (κ3) is 1.97. The van der Waals surface area contributed by atoms with Crippen LogP contribution >= 0.6 is 23.2 Å². The van der Waals surface area contributed by atoms with Gasteiger partial charge in [-0.1, -0.05) is 11.6 Å². The summed E-state index contributed by atoms with van der Waals surface area (Å²) in [6, 6.07) is 0. The van der Waals surface area contributed by atoms with E-state index in [1.807, 2.05) is 0 Å². The Hall–Kier alpha value is 0.500. The number of alkyl halides is 2. The summed E-state index contributed by atoms with van der Waals surface area (Å²) < 4.78 is 9.93. The number of hydrogen-bond acceptors (Lipinski definition) is 2. The van der Waals surface area contributed by atoms with Gasteiger partial charge in [0.2, 0.25) is 0 Å². The van der Waals surface area contributed by atoms with Gasteiger partial charge in [0.1, 0.15) is 0 Å². The third-order valence-corrected chi connectivity index (χ3v) is 1.67. The SMILES string of the molecule is ClCCOC1(Cl)CCO1. The Morgan fingerprint density at radius 3 is 2.67 bits per heavy atom. The van der Waals surface area contributed by atoms with E-state index in [9.17, 15) is 0 Å². The van der Waals surface area contributed by atoms with Crippen LogP contribution in [0.4, 0.5) is 0 Å². The highest BCUT2D eigenvalue weighted by atomic mass is 35.5. The molecule has 1 atom stereocenters. The Kier molecular flexibility index (Phi) is 2.59. The fourth-order valence-electron chi connectivity index (χ4n) is 0.567. The summed E-state index contributed by atoms with van der Waals surface area (Å²) in [5.41, 5.74) is 0. The second-order valence-electron chi connectivity index (χ2n) is 1.80.